The minimum atomic E-state index is -0.276. The van der Waals surface area contributed by atoms with E-state index in [1.54, 1.807) is 0 Å². The predicted octanol–water partition coefficient (Wildman–Crippen LogP) is 4.77. The van der Waals surface area contributed by atoms with Crippen LogP contribution >= 0.6 is 11.8 Å². The molecule has 3 rings (SSSR count). The van der Waals surface area contributed by atoms with Crippen molar-refractivity contribution in [1.82, 2.24) is 15.5 Å². The van der Waals surface area contributed by atoms with Crippen LogP contribution < -0.4 is 5.32 Å². The maximum absolute atomic E-state index is 12.6. The molecule has 0 spiro atoms. The van der Waals surface area contributed by atoms with Gasteiger partial charge in [-0.25, -0.2) is 0 Å². The van der Waals surface area contributed by atoms with Crippen LogP contribution in [-0.2, 0) is 4.79 Å². The maximum atomic E-state index is 12.6. The first-order chi connectivity index (χ1) is 12.8. The number of carbonyl (C=O) groups excluding carboxylic acids is 1. The van der Waals surface area contributed by atoms with E-state index in [1.807, 2.05) is 32.9 Å². The first kappa shape index (κ1) is 19.9. The number of amides is 1. The van der Waals surface area contributed by atoms with Crippen molar-refractivity contribution in [2.75, 3.05) is 0 Å². The molecule has 0 saturated heterocycles. The van der Waals surface area contributed by atoms with E-state index in [4.69, 9.17) is 4.42 Å². The highest BCUT2D eigenvalue weighted by atomic mass is 32.2. The molecule has 1 amide bonds. The lowest BCUT2D eigenvalue weighted by Gasteiger charge is -2.35. The van der Waals surface area contributed by atoms with E-state index < -0.39 is 0 Å². The molecule has 0 bridgehead atoms. The predicted molar refractivity (Wildman–Crippen MR) is 109 cm³/mol. The number of nitrogens with one attached hydrogen (secondary N) is 1. The smallest absolute Gasteiger partial charge is 0.277 e. The van der Waals surface area contributed by atoms with Gasteiger partial charge in [0.25, 0.3) is 5.22 Å². The fourth-order valence-corrected chi connectivity index (χ4v) is 4.46. The molecule has 1 heterocycles. The number of nitrogens with zero attached hydrogens (tertiary/aromatic N) is 2. The summed E-state index contributed by atoms with van der Waals surface area (Å²) < 4.78 is 5.79. The van der Waals surface area contributed by atoms with Crippen LogP contribution in [-0.4, -0.2) is 27.4 Å². The quantitative estimate of drug-likeness (QED) is 0.748. The lowest BCUT2D eigenvalue weighted by Crippen LogP contribution is -2.46. The van der Waals surface area contributed by atoms with Crippen molar-refractivity contribution in [2.45, 2.75) is 70.4 Å². The molecule has 0 radical (unpaired) electrons. The molecule has 1 fully saturated rings. The average molecular weight is 388 g/mol. The largest absolute Gasteiger partial charge is 0.411 e. The summed E-state index contributed by atoms with van der Waals surface area (Å²) >= 11 is 1.31. The summed E-state index contributed by atoms with van der Waals surface area (Å²) in [5.41, 5.74) is 3.22. The van der Waals surface area contributed by atoms with Crippen LogP contribution in [0.4, 0.5) is 0 Å². The van der Waals surface area contributed by atoms with Crippen molar-refractivity contribution >= 4 is 17.7 Å². The normalized spacial score (nSPS) is 23.8. The number of carbonyl (C=O) groups is 1. The van der Waals surface area contributed by atoms with E-state index in [2.05, 4.69) is 35.4 Å². The lowest BCUT2D eigenvalue weighted by molar-refractivity contribution is -0.121. The SMILES string of the molecule is Cc1cc(C)cc(-c2nnc(S[C@@H](C)C(=O)N[C@@H]3CCC[C@H](C)[C@@H]3C)o2)c1. The van der Waals surface area contributed by atoms with E-state index >= 15 is 0 Å². The highest BCUT2D eigenvalue weighted by molar-refractivity contribution is 8.00. The molecular formula is C21H29N3O2S. The molecular weight excluding hydrogens is 358 g/mol. The van der Waals surface area contributed by atoms with Gasteiger partial charge >= 0.3 is 0 Å². The summed E-state index contributed by atoms with van der Waals surface area (Å²) in [6.07, 6.45) is 3.49. The molecule has 1 saturated carbocycles. The van der Waals surface area contributed by atoms with Crippen LogP contribution in [0.1, 0.15) is 51.2 Å². The first-order valence-electron chi connectivity index (χ1n) is 9.72. The molecule has 27 heavy (non-hydrogen) atoms. The fourth-order valence-electron chi connectivity index (χ4n) is 3.76. The minimum Gasteiger partial charge on any atom is -0.411 e. The van der Waals surface area contributed by atoms with E-state index in [0.29, 0.717) is 22.9 Å². The molecule has 1 aromatic heterocycles. The van der Waals surface area contributed by atoms with Gasteiger partial charge in [-0.2, -0.15) is 0 Å². The number of hydrogen-bond donors (Lipinski definition) is 1. The second-order valence-electron chi connectivity index (χ2n) is 7.89. The molecule has 146 valence electrons. The third-order valence-electron chi connectivity index (χ3n) is 5.56. The average Bonchev–Trinajstić information content (AvgIpc) is 3.06. The number of aryl methyl sites for hydroxylation is 2. The van der Waals surface area contributed by atoms with Crippen LogP contribution in [0, 0.1) is 25.7 Å². The molecule has 1 aromatic carbocycles. The zero-order valence-electron chi connectivity index (χ0n) is 16.8. The second-order valence-corrected chi connectivity index (χ2v) is 9.18. The number of hydrogen-bond acceptors (Lipinski definition) is 5. The highest BCUT2D eigenvalue weighted by Crippen LogP contribution is 2.31. The molecule has 0 unspecified atom stereocenters. The zero-order valence-corrected chi connectivity index (χ0v) is 17.6. The van der Waals surface area contributed by atoms with Gasteiger partial charge < -0.3 is 9.73 Å². The van der Waals surface area contributed by atoms with Gasteiger partial charge in [-0.1, -0.05) is 55.6 Å². The Bertz CT molecular complexity index is 784. The molecule has 1 aliphatic rings. The second kappa shape index (κ2) is 8.46. The Kier molecular flexibility index (Phi) is 6.25. The van der Waals surface area contributed by atoms with Crippen LogP contribution in [0.2, 0.25) is 0 Å². The maximum Gasteiger partial charge on any atom is 0.277 e. The van der Waals surface area contributed by atoms with E-state index in [-0.39, 0.29) is 17.2 Å². The third kappa shape index (κ3) is 4.92. The van der Waals surface area contributed by atoms with Crippen molar-refractivity contribution in [3.8, 4) is 11.5 Å². The summed E-state index contributed by atoms with van der Waals surface area (Å²) in [4.78, 5) is 12.6. The van der Waals surface area contributed by atoms with Gasteiger partial charge in [0, 0.05) is 11.6 Å². The van der Waals surface area contributed by atoms with E-state index in [0.717, 1.165) is 23.1 Å². The Hall–Kier alpha value is -1.82. The van der Waals surface area contributed by atoms with Gasteiger partial charge in [-0.3, -0.25) is 4.79 Å². The van der Waals surface area contributed by atoms with E-state index in [1.165, 1.54) is 24.6 Å². The Balaban J connectivity index is 1.61. The number of benzene rings is 1. The molecule has 4 atom stereocenters. The molecule has 1 N–H and O–H groups in total. The summed E-state index contributed by atoms with van der Waals surface area (Å²) in [5.74, 6) is 1.70. The van der Waals surface area contributed by atoms with Gasteiger partial charge in [0.2, 0.25) is 11.8 Å². The number of rotatable bonds is 5. The Labute approximate surface area is 165 Å². The third-order valence-corrected chi connectivity index (χ3v) is 6.49. The summed E-state index contributed by atoms with van der Waals surface area (Å²) in [7, 11) is 0. The molecule has 2 aromatic rings. The standard InChI is InChI=1S/C21H29N3O2S/c1-12-9-13(2)11-17(10-12)20-23-24-21(26-20)27-16(5)19(25)22-18-8-6-7-14(3)15(18)4/h9-11,14-16,18H,6-8H2,1-5H3,(H,22,25)/t14-,15-,16-,18+/m0/s1. The van der Waals surface area contributed by atoms with Crippen LogP contribution in [0.3, 0.4) is 0 Å². The topological polar surface area (TPSA) is 68.0 Å². The van der Waals surface area contributed by atoms with Gasteiger partial charge in [0.15, 0.2) is 0 Å². The Morgan fingerprint density at radius 1 is 1.19 bits per heavy atom. The molecule has 0 aliphatic heterocycles. The molecule has 5 nitrogen and oxygen atoms in total. The molecule has 6 heteroatoms. The van der Waals surface area contributed by atoms with Crippen molar-refractivity contribution in [2.24, 2.45) is 11.8 Å². The summed E-state index contributed by atoms with van der Waals surface area (Å²) in [5, 5.41) is 11.6. The van der Waals surface area contributed by atoms with Gasteiger partial charge in [0.1, 0.15) is 0 Å². The van der Waals surface area contributed by atoms with Crippen molar-refractivity contribution in [1.29, 1.82) is 0 Å². The Morgan fingerprint density at radius 2 is 1.89 bits per heavy atom. The molecule has 1 aliphatic carbocycles. The van der Waals surface area contributed by atoms with Crippen LogP contribution in [0.15, 0.2) is 27.8 Å². The van der Waals surface area contributed by atoms with Crippen molar-refractivity contribution in [3.63, 3.8) is 0 Å². The van der Waals surface area contributed by atoms with Crippen LogP contribution in [0.25, 0.3) is 11.5 Å². The van der Waals surface area contributed by atoms with Crippen molar-refractivity contribution in [3.05, 3.63) is 29.3 Å². The number of thioether (sulfide) groups is 1. The van der Waals surface area contributed by atoms with Crippen LogP contribution in [0.5, 0.6) is 0 Å². The number of aromatic nitrogens is 2. The summed E-state index contributed by atoms with van der Waals surface area (Å²) in [6.45, 7) is 10.5. The minimum absolute atomic E-state index is 0.0390. The van der Waals surface area contributed by atoms with Gasteiger partial charge in [0.05, 0.1) is 5.25 Å². The van der Waals surface area contributed by atoms with Gasteiger partial charge in [-0.05, 0) is 51.2 Å². The Morgan fingerprint density at radius 3 is 2.59 bits per heavy atom. The summed E-state index contributed by atoms with van der Waals surface area (Å²) in [6, 6.07) is 6.42. The van der Waals surface area contributed by atoms with Crippen molar-refractivity contribution < 1.29 is 9.21 Å². The first-order valence-corrected chi connectivity index (χ1v) is 10.6. The monoisotopic (exact) mass is 387 g/mol. The van der Waals surface area contributed by atoms with Gasteiger partial charge in [-0.15, -0.1) is 10.2 Å². The lowest BCUT2D eigenvalue weighted by atomic mass is 9.78. The van der Waals surface area contributed by atoms with E-state index in [9.17, 15) is 4.79 Å². The highest BCUT2D eigenvalue weighted by Gasteiger charge is 2.30. The zero-order chi connectivity index (χ0) is 19.6. The fraction of sp³-hybridized carbons (Fsp3) is 0.571.